The van der Waals surface area contributed by atoms with Crippen molar-refractivity contribution in [3.05, 3.63) is 40.7 Å². The van der Waals surface area contributed by atoms with Gasteiger partial charge in [-0.3, -0.25) is 0 Å². The average Bonchev–Trinajstić information content (AvgIpc) is 2.47. The van der Waals surface area contributed by atoms with E-state index in [9.17, 15) is 17.6 Å². The molecule has 1 aromatic carbocycles. The first-order valence-corrected chi connectivity index (χ1v) is 4.04. The van der Waals surface area contributed by atoms with E-state index in [0.29, 0.717) is 18.1 Å². The highest BCUT2D eigenvalue weighted by atomic mass is 19.4. The normalized spacial score (nSPS) is 14.6. The highest BCUT2D eigenvalue weighted by Crippen LogP contribution is 2.36. The van der Waals surface area contributed by atoms with E-state index in [4.69, 9.17) is 0 Å². The van der Waals surface area contributed by atoms with Gasteiger partial charge in [0.25, 0.3) is 0 Å². The van der Waals surface area contributed by atoms with Gasteiger partial charge in [0.1, 0.15) is 5.82 Å². The van der Waals surface area contributed by atoms with Crippen LogP contribution in [-0.2, 0) is 12.6 Å². The summed E-state index contributed by atoms with van der Waals surface area (Å²) >= 11 is 0. The molecule has 0 fully saturated rings. The van der Waals surface area contributed by atoms with Crippen molar-refractivity contribution in [2.75, 3.05) is 0 Å². The third-order valence-electron chi connectivity index (χ3n) is 2.16. The standard InChI is InChI=1S/C10H6F4/c11-7-4-6-2-1-3-8(6)9(5-7)10(12,13)14/h1,3-5H,2H2. The van der Waals surface area contributed by atoms with Crippen LogP contribution in [0.2, 0.25) is 0 Å². The van der Waals surface area contributed by atoms with Crippen molar-refractivity contribution in [3.8, 4) is 0 Å². The SMILES string of the molecule is Fc1cc2c(c(C(F)(F)F)c1)C=CC2. The van der Waals surface area contributed by atoms with Crippen LogP contribution in [0.5, 0.6) is 0 Å². The average molecular weight is 202 g/mol. The smallest absolute Gasteiger partial charge is 0.207 e. The van der Waals surface area contributed by atoms with Gasteiger partial charge in [-0.1, -0.05) is 12.2 Å². The summed E-state index contributed by atoms with van der Waals surface area (Å²) in [5, 5.41) is 0. The molecule has 14 heavy (non-hydrogen) atoms. The molecule has 0 amide bonds. The fourth-order valence-corrected chi connectivity index (χ4v) is 1.58. The van der Waals surface area contributed by atoms with E-state index in [1.165, 1.54) is 6.08 Å². The molecule has 0 saturated heterocycles. The quantitative estimate of drug-likeness (QED) is 0.565. The molecule has 0 atom stereocenters. The second-order valence-electron chi connectivity index (χ2n) is 3.13. The number of hydrogen-bond donors (Lipinski definition) is 0. The molecule has 1 aliphatic rings. The molecule has 0 aliphatic heterocycles. The molecule has 0 saturated carbocycles. The molecule has 4 heteroatoms. The summed E-state index contributed by atoms with van der Waals surface area (Å²) in [6.45, 7) is 0. The van der Waals surface area contributed by atoms with Gasteiger partial charge in [0, 0.05) is 0 Å². The van der Waals surface area contributed by atoms with Gasteiger partial charge in [-0.05, 0) is 29.7 Å². The molecular weight excluding hydrogens is 196 g/mol. The lowest BCUT2D eigenvalue weighted by Gasteiger charge is -2.11. The first kappa shape index (κ1) is 9.24. The molecular formula is C10H6F4. The number of halogens is 4. The Kier molecular flexibility index (Phi) is 1.87. The molecule has 0 unspecified atom stereocenters. The highest BCUT2D eigenvalue weighted by molar-refractivity contribution is 5.64. The van der Waals surface area contributed by atoms with Gasteiger partial charge in [0.2, 0.25) is 0 Å². The maximum absolute atomic E-state index is 12.8. The summed E-state index contributed by atoms with van der Waals surface area (Å²) in [7, 11) is 0. The predicted octanol–water partition coefficient (Wildman–Crippen LogP) is 3.41. The number of alkyl halides is 3. The fourth-order valence-electron chi connectivity index (χ4n) is 1.58. The Labute approximate surface area is 77.9 Å². The summed E-state index contributed by atoms with van der Waals surface area (Å²) in [4.78, 5) is 0. The molecule has 1 aromatic rings. The highest BCUT2D eigenvalue weighted by Gasteiger charge is 2.34. The minimum atomic E-state index is -4.49. The lowest BCUT2D eigenvalue weighted by Crippen LogP contribution is -2.08. The zero-order valence-electron chi connectivity index (χ0n) is 7.03. The van der Waals surface area contributed by atoms with Crippen LogP contribution in [0.3, 0.4) is 0 Å². The summed E-state index contributed by atoms with van der Waals surface area (Å²) in [6.07, 6.45) is -1.13. The van der Waals surface area contributed by atoms with E-state index in [1.54, 1.807) is 6.08 Å². The Balaban J connectivity index is 2.65. The van der Waals surface area contributed by atoms with E-state index < -0.39 is 17.6 Å². The number of fused-ring (bicyclic) bond motifs is 1. The van der Waals surface area contributed by atoms with Crippen molar-refractivity contribution in [2.24, 2.45) is 0 Å². The molecule has 1 aliphatic carbocycles. The second-order valence-corrected chi connectivity index (χ2v) is 3.13. The van der Waals surface area contributed by atoms with Crippen molar-refractivity contribution in [1.82, 2.24) is 0 Å². The topological polar surface area (TPSA) is 0 Å². The summed E-state index contributed by atoms with van der Waals surface area (Å²) in [5.41, 5.74) is -0.391. The van der Waals surface area contributed by atoms with Gasteiger partial charge < -0.3 is 0 Å². The van der Waals surface area contributed by atoms with Gasteiger partial charge in [-0.2, -0.15) is 13.2 Å². The van der Waals surface area contributed by atoms with Crippen LogP contribution in [-0.4, -0.2) is 0 Å². The first-order chi connectivity index (χ1) is 6.48. The predicted molar refractivity (Wildman–Crippen MR) is 44.1 cm³/mol. The minimum Gasteiger partial charge on any atom is -0.207 e. The van der Waals surface area contributed by atoms with Crippen LogP contribution in [0.1, 0.15) is 16.7 Å². The van der Waals surface area contributed by atoms with Crippen molar-refractivity contribution in [1.29, 1.82) is 0 Å². The molecule has 0 N–H and O–H groups in total. The zero-order valence-corrected chi connectivity index (χ0v) is 7.03. The van der Waals surface area contributed by atoms with E-state index >= 15 is 0 Å². The van der Waals surface area contributed by atoms with E-state index in [2.05, 4.69) is 0 Å². The molecule has 0 bridgehead atoms. The molecule has 0 aromatic heterocycles. The number of allylic oxidation sites excluding steroid dienone is 1. The molecule has 0 spiro atoms. The van der Waals surface area contributed by atoms with E-state index in [1.807, 2.05) is 0 Å². The number of rotatable bonds is 0. The Bertz CT molecular complexity index is 401. The minimum absolute atomic E-state index is 0.0962. The zero-order chi connectivity index (χ0) is 10.3. The van der Waals surface area contributed by atoms with Crippen LogP contribution in [0.25, 0.3) is 6.08 Å². The van der Waals surface area contributed by atoms with Gasteiger partial charge in [-0.25, -0.2) is 4.39 Å². The number of hydrogen-bond acceptors (Lipinski definition) is 0. The Hall–Kier alpha value is -1.32. The molecule has 0 nitrogen and oxygen atoms in total. The molecule has 0 heterocycles. The lowest BCUT2D eigenvalue weighted by atomic mass is 10.0. The second kappa shape index (κ2) is 2.83. The van der Waals surface area contributed by atoms with E-state index in [0.717, 1.165) is 6.07 Å². The molecule has 74 valence electrons. The monoisotopic (exact) mass is 202 g/mol. The van der Waals surface area contributed by atoms with E-state index in [-0.39, 0.29) is 5.56 Å². The fraction of sp³-hybridized carbons (Fsp3) is 0.200. The third-order valence-corrected chi connectivity index (χ3v) is 2.16. The number of benzene rings is 1. The van der Waals surface area contributed by atoms with Crippen LogP contribution in [0.15, 0.2) is 18.2 Å². The third kappa shape index (κ3) is 1.41. The van der Waals surface area contributed by atoms with Crippen molar-refractivity contribution < 1.29 is 17.6 Å². The maximum Gasteiger partial charge on any atom is 0.417 e. The van der Waals surface area contributed by atoms with Crippen LogP contribution >= 0.6 is 0 Å². The first-order valence-electron chi connectivity index (χ1n) is 4.04. The molecule has 2 rings (SSSR count). The van der Waals surface area contributed by atoms with Gasteiger partial charge in [0.15, 0.2) is 0 Å². The van der Waals surface area contributed by atoms with Crippen LogP contribution < -0.4 is 0 Å². The Morgan fingerprint density at radius 3 is 2.50 bits per heavy atom. The van der Waals surface area contributed by atoms with Crippen molar-refractivity contribution in [2.45, 2.75) is 12.6 Å². The van der Waals surface area contributed by atoms with Crippen molar-refractivity contribution in [3.63, 3.8) is 0 Å². The van der Waals surface area contributed by atoms with Crippen LogP contribution in [0.4, 0.5) is 17.6 Å². The summed E-state index contributed by atoms with van der Waals surface area (Å²) in [5.74, 6) is -0.834. The summed E-state index contributed by atoms with van der Waals surface area (Å²) < 4.78 is 50.1. The largest absolute Gasteiger partial charge is 0.417 e. The Morgan fingerprint density at radius 1 is 1.14 bits per heavy atom. The lowest BCUT2D eigenvalue weighted by molar-refractivity contribution is -0.137. The van der Waals surface area contributed by atoms with Crippen molar-refractivity contribution >= 4 is 6.08 Å². The summed E-state index contributed by atoms with van der Waals surface area (Å²) in [6, 6.07) is 1.68. The van der Waals surface area contributed by atoms with Gasteiger partial charge >= 0.3 is 6.18 Å². The molecule has 0 radical (unpaired) electrons. The Morgan fingerprint density at radius 2 is 1.86 bits per heavy atom. The van der Waals surface area contributed by atoms with Gasteiger partial charge in [0.05, 0.1) is 5.56 Å². The van der Waals surface area contributed by atoms with Crippen LogP contribution in [0, 0.1) is 5.82 Å². The maximum atomic E-state index is 12.8. The van der Waals surface area contributed by atoms with Gasteiger partial charge in [-0.15, -0.1) is 0 Å².